The zero-order valence-electron chi connectivity index (χ0n) is 11.8. The SMILES string of the molecule is Oc1nc2nonc2nc1Nc1ccc(-c2ccccc2)cc1. The van der Waals surface area contributed by atoms with Crippen LogP contribution in [-0.2, 0) is 0 Å². The van der Waals surface area contributed by atoms with E-state index in [-0.39, 0.29) is 23.0 Å². The summed E-state index contributed by atoms with van der Waals surface area (Å²) >= 11 is 0. The highest BCUT2D eigenvalue weighted by atomic mass is 16.6. The van der Waals surface area contributed by atoms with Gasteiger partial charge in [0, 0.05) is 5.69 Å². The van der Waals surface area contributed by atoms with Crippen molar-refractivity contribution in [3.05, 3.63) is 54.6 Å². The van der Waals surface area contributed by atoms with Crippen molar-refractivity contribution in [3.63, 3.8) is 0 Å². The number of nitrogens with one attached hydrogen (secondary N) is 1. The van der Waals surface area contributed by atoms with E-state index < -0.39 is 0 Å². The maximum Gasteiger partial charge on any atom is 0.257 e. The molecule has 0 bridgehead atoms. The van der Waals surface area contributed by atoms with Gasteiger partial charge in [-0.15, -0.1) is 0 Å². The lowest BCUT2D eigenvalue weighted by atomic mass is 10.1. The number of hydrogen-bond donors (Lipinski definition) is 2. The normalized spacial score (nSPS) is 10.8. The smallest absolute Gasteiger partial charge is 0.257 e. The second-order valence-electron chi connectivity index (χ2n) is 4.88. The molecule has 7 heteroatoms. The number of aromatic hydroxyl groups is 1. The third kappa shape index (κ3) is 2.55. The summed E-state index contributed by atoms with van der Waals surface area (Å²) in [5.41, 5.74) is 3.39. The lowest BCUT2D eigenvalue weighted by Gasteiger charge is -2.07. The van der Waals surface area contributed by atoms with Crippen LogP contribution in [0.15, 0.2) is 59.2 Å². The zero-order valence-corrected chi connectivity index (χ0v) is 11.8. The van der Waals surface area contributed by atoms with Crippen molar-refractivity contribution in [1.29, 1.82) is 0 Å². The summed E-state index contributed by atoms with van der Waals surface area (Å²) in [5.74, 6) is -0.0685. The van der Waals surface area contributed by atoms with Gasteiger partial charge in [0.15, 0.2) is 5.82 Å². The molecule has 2 aromatic carbocycles. The van der Waals surface area contributed by atoms with Crippen molar-refractivity contribution in [3.8, 4) is 17.0 Å². The molecule has 4 rings (SSSR count). The van der Waals surface area contributed by atoms with Gasteiger partial charge in [-0.2, -0.15) is 9.97 Å². The molecule has 23 heavy (non-hydrogen) atoms. The fourth-order valence-corrected chi connectivity index (χ4v) is 2.23. The summed E-state index contributed by atoms with van der Waals surface area (Å²) in [7, 11) is 0. The largest absolute Gasteiger partial charge is 0.491 e. The minimum atomic E-state index is -0.264. The highest BCUT2D eigenvalue weighted by Crippen LogP contribution is 2.26. The number of nitrogens with zero attached hydrogens (tertiary/aromatic N) is 4. The Balaban J connectivity index is 1.62. The summed E-state index contributed by atoms with van der Waals surface area (Å²) in [6, 6.07) is 17.8. The molecule has 0 atom stereocenters. The van der Waals surface area contributed by atoms with Crippen LogP contribution in [-0.4, -0.2) is 25.4 Å². The van der Waals surface area contributed by atoms with Gasteiger partial charge in [-0.3, -0.25) is 0 Å². The van der Waals surface area contributed by atoms with Gasteiger partial charge < -0.3 is 10.4 Å². The molecule has 0 saturated heterocycles. The highest BCUT2D eigenvalue weighted by molar-refractivity contribution is 5.72. The average Bonchev–Trinajstić information content (AvgIpc) is 3.04. The van der Waals surface area contributed by atoms with Crippen LogP contribution in [0.25, 0.3) is 22.4 Å². The van der Waals surface area contributed by atoms with E-state index >= 15 is 0 Å². The highest BCUT2D eigenvalue weighted by Gasteiger charge is 2.11. The van der Waals surface area contributed by atoms with E-state index in [1.165, 1.54) is 0 Å². The van der Waals surface area contributed by atoms with Crippen LogP contribution in [0.1, 0.15) is 0 Å². The summed E-state index contributed by atoms with van der Waals surface area (Å²) in [6.07, 6.45) is 0. The Morgan fingerprint density at radius 1 is 0.783 bits per heavy atom. The maximum absolute atomic E-state index is 9.88. The Morgan fingerprint density at radius 2 is 1.43 bits per heavy atom. The molecule has 0 fully saturated rings. The molecule has 4 aromatic rings. The lowest BCUT2D eigenvalue weighted by Crippen LogP contribution is -1.96. The second kappa shape index (κ2) is 5.38. The molecule has 0 spiro atoms. The van der Waals surface area contributed by atoms with E-state index in [9.17, 15) is 5.11 Å². The fourth-order valence-electron chi connectivity index (χ4n) is 2.23. The van der Waals surface area contributed by atoms with Crippen LogP contribution in [0.3, 0.4) is 0 Å². The first-order valence-electron chi connectivity index (χ1n) is 6.91. The van der Waals surface area contributed by atoms with E-state index in [2.05, 4.69) is 30.2 Å². The van der Waals surface area contributed by atoms with E-state index in [4.69, 9.17) is 0 Å². The van der Waals surface area contributed by atoms with Gasteiger partial charge in [0.05, 0.1) is 0 Å². The molecule has 0 aliphatic heterocycles. The fraction of sp³-hybridized carbons (Fsp3) is 0. The molecule has 2 aromatic heterocycles. The Morgan fingerprint density at radius 3 is 2.17 bits per heavy atom. The molecule has 0 amide bonds. The molecule has 2 heterocycles. The van der Waals surface area contributed by atoms with E-state index in [0.717, 1.165) is 16.8 Å². The average molecular weight is 305 g/mol. The third-order valence-electron chi connectivity index (χ3n) is 3.35. The quantitative estimate of drug-likeness (QED) is 0.600. The molecule has 0 saturated carbocycles. The van der Waals surface area contributed by atoms with Gasteiger partial charge >= 0.3 is 0 Å². The van der Waals surface area contributed by atoms with Gasteiger partial charge in [0.1, 0.15) is 0 Å². The summed E-state index contributed by atoms with van der Waals surface area (Å²) in [6.45, 7) is 0. The first-order valence-corrected chi connectivity index (χ1v) is 6.91. The number of rotatable bonds is 3. The molecule has 0 radical (unpaired) electrons. The number of anilines is 2. The van der Waals surface area contributed by atoms with Crippen LogP contribution >= 0.6 is 0 Å². The Hall–Kier alpha value is -3.48. The molecule has 112 valence electrons. The molecule has 0 unspecified atom stereocenters. The van der Waals surface area contributed by atoms with Gasteiger partial charge in [0.2, 0.25) is 11.3 Å². The molecule has 2 N–H and O–H groups in total. The van der Waals surface area contributed by atoms with Crippen molar-refractivity contribution < 1.29 is 9.74 Å². The summed E-state index contributed by atoms with van der Waals surface area (Å²) in [5, 5.41) is 20.0. The first kappa shape index (κ1) is 13.2. The minimum absolute atomic E-state index is 0.160. The number of fused-ring (bicyclic) bond motifs is 1. The van der Waals surface area contributed by atoms with Gasteiger partial charge in [-0.1, -0.05) is 42.5 Å². The zero-order chi connectivity index (χ0) is 15.6. The van der Waals surface area contributed by atoms with Crippen LogP contribution in [0.4, 0.5) is 11.5 Å². The van der Waals surface area contributed by atoms with Crippen molar-refractivity contribution in [2.24, 2.45) is 0 Å². The van der Waals surface area contributed by atoms with Crippen LogP contribution in [0.5, 0.6) is 5.88 Å². The van der Waals surface area contributed by atoms with E-state index in [1.54, 1.807) is 0 Å². The number of aromatic nitrogens is 4. The minimum Gasteiger partial charge on any atom is -0.491 e. The molecule has 0 aliphatic rings. The van der Waals surface area contributed by atoms with Crippen LogP contribution in [0.2, 0.25) is 0 Å². The predicted molar refractivity (Wildman–Crippen MR) is 84.2 cm³/mol. The standard InChI is InChI=1S/C16H11N5O2/c22-16-15(18-13-14(19-16)21-23-20-13)17-12-8-6-11(7-9-12)10-4-2-1-3-5-10/h1-9H,(H,17,18,20)(H,19,21,22). The Labute approximate surface area is 130 Å². The topological polar surface area (TPSA) is 97.0 Å². The maximum atomic E-state index is 9.88. The number of benzene rings is 2. The van der Waals surface area contributed by atoms with Crippen LogP contribution < -0.4 is 5.32 Å². The second-order valence-corrected chi connectivity index (χ2v) is 4.88. The van der Waals surface area contributed by atoms with E-state index in [1.807, 2.05) is 54.6 Å². The molecular weight excluding hydrogens is 294 g/mol. The summed E-state index contributed by atoms with van der Waals surface area (Å²) in [4.78, 5) is 7.98. The predicted octanol–water partition coefficient (Wildman–Crippen LogP) is 3.13. The van der Waals surface area contributed by atoms with Gasteiger partial charge in [-0.05, 0) is 33.6 Å². The number of hydrogen-bond acceptors (Lipinski definition) is 7. The van der Waals surface area contributed by atoms with Crippen molar-refractivity contribution in [1.82, 2.24) is 20.3 Å². The molecule has 7 nitrogen and oxygen atoms in total. The van der Waals surface area contributed by atoms with Gasteiger partial charge in [-0.25, -0.2) is 4.63 Å². The molecular formula is C16H11N5O2. The first-order chi connectivity index (χ1) is 11.3. The van der Waals surface area contributed by atoms with Crippen molar-refractivity contribution >= 4 is 22.8 Å². The Bertz CT molecular complexity index is 951. The van der Waals surface area contributed by atoms with Gasteiger partial charge in [0.25, 0.3) is 5.88 Å². The lowest BCUT2D eigenvalue weighted by molar-refractivity contribution is 0.314. The summed E-state index contributed by atoms with van der Waals surface area (Å²) < 4.78 is 4.53. The third-order valence-corrected chi connectivity index (χ3v) is 3.35. The van der Waals surface area contributed by atoms with Crippen molar-refractivity contribution in [2.45, 2.75) is 0 Å². The Kier molecular flexibility index (Phi) is 3.09. The van der Waals surface area contributed by atoms with Crippen LogP contribution in [0, 0.1) is 0 Å². The molecule has 0 aliphatic carbocycles. The van der Waals surface area contributed by atoms with Crippen molar-refractivity contribution in [2.75, 3.05) is 5.32 Å². The van der Waals surface area contributed by atoms with E-state index in [0.29, 0.717) is 0 Å². The monoisotopic (exact) mass is 305 g/mol.